The average Bonchev–Trinajstić information content (AvgIpc) is 2.86. The fourth-order valence-electron chi connectivity index (χ4n) is 2.24. The predicted octanol–water partition coefficient (Wildman–Crippen LogP) is 2.21. The highest BCUT2D eigenvalue weighted by molar-refractivity contribution is 5.90. The number of hydrogen-bond acceptors (Lipinski definition) is 4. The van der Waals surface area contributed by atoms with Crippen molar-refractivity contribution in [2.24, 2.45) is 5.92 Å². The highest BCUT2D eigenvalue weighted by atomic mass is 16.5. The minimum atomic E-state index is -1.04. The number of carboxylic acids is 1. The smallest absolute Gasteiger partial charge is 0.326 e. The lowest BCUT2D eigenvalue weighted by Gasteiger charge is -2.17. The first-order valence-corrected chi connectivity index (χ1v) is 6.98. The number of nitrogens with one attached hydrogen (secondary N) is 1. The van der Waals surface area contributed by atoms with Crippen LogP contribution in [0.15, 0.2) is 28.9 Å². The summed E-state index contributed by atoms with van der Waals surface area (Å²) in [6, 6.07) is 4.45. The third kappa shape index (κ3) is 3.39. The third-order valence-electron chi connectivity index (χ3n) is 3.46. The Labute approximate surface area is 128 Å². The van der Waals surface area contributed by atoms with Gasteiger partial charge in [0.2, 0.25) is 5.91 Å². The number of aliphatic carboxylic acids is 1. The predicted molar refractivity (Wildman–Crippen MR) is 80.9 cm³/mol. The number of amides is 1. The van der Waals surface area contributed by atoms with Crippen molar-refractivity contribution in [3.8, 4) is 5.75 Å². The standard InChI is InChI=1S/C16H19NO5/c1-9(2)15(16(19)20)17-14(18)6-10-8-22-13-7-11(21-3)4-5-12(10)13/h4-5,7-9,15H,6H2,1-3H3,(H,17,18)(H,19,20)/t15-/m1/s1. The number of benzene rings is 1. The van der Waals surface area contributed by atoms with Gasteiger partial charge in [0.1, 0.15) is 17.4 Å². The molecular formula is C16H19NO5. The second kappa shape index (κ2) is 6.51. The van der Waals surface area contributed by atoms with Gasteiger partial charge in [0, 0.05) is 17.0 Å². The molecule has 1 aromatic heterocycles. The van der Waals surface area contributed by atoms with Gasteiger partial charge in [0.15, 0.2) is 0 Å². The first kappa shape index (κ1) is 15.9. The molecule has 1 amide bonds. The minimum absolute atomic E-state index is 0.0653. The SMILES string of the molecule is COc1ccc2c(CC(=O)N[C@@H](C(=O)O)C(C)C)coc2c1. The Morgan fingerprint density at radius 2 is 2.09 bits per heavy atom. The fourth-order valence-corrected chi connectivity index (χ4v) is 2.24. The summed E-state index contributed by atoms with van der Waals surface area (Å²) in [6.45, 7) is 3.50. The van der Waals surface area contributed by atoms with E-state index in [0.29, 0.717) is 16.9 Å². The Bertz CT molecular complexity index is 689. The molecule has 1 heterocycles. The zero-order valence-electron chi connectivity index (χ0n) is 12.8. The summed E-state index contributed by atoms with van der Waals surface area (Å²) in [4.78, 5) is 23.2. The highest BCUT2D eigenvalue weighted by Gasteiger charge is 2.23. The molecule has 0 aliphatic rings. The van der Waals surface area contributed by atoms with Crippen molar-refractivity contribution < 1.29 is 23.8 Å². The molecule has 0 aliphatic heterocycles. The quantitative estimate of drug-likeness (QED) is 0.854. The molecule has 118 valence electrons. The molecule has 6 heteroatoms. The van der Waals surface area contributed by atoms with Crippen LogP contribution < -0.4 is 10.1 Å². The van der Waals surface area contributed by atoms with Crippen molar-refractivity contribution in [3.05, 3.63) is 30.0 Å². The van der Waals surface area contributed by atoms with Crippen LogP contribution in [0.5, 0.6) is 5.75 Å². The van der Waals surface area contributed by atoms with Crippen molar-refractivity contribution in [1.82, 2.24) is 5.32 Å². The average molecular weight is 305 g/mol. The topological polar surface area (TPSA) is 88.8 Å². The van der Waals surface area contributed by atoms with Crippen molar-refractivity contribution in [2.45, 2.75) is 26.3 Å². The van der Waals surface area contributed by atoms with Gasteiger partial charge >= 0.3 is 5.97 Å². The van der Waals surface area contributed by atoms with Gasteiger partial charge in [-0.05, 0) is 18.1 Å². The van der Waals surface area contributed by atoms with Crippen LogP contribution in [0.3, 0.4) is 0 Å². The van der Waals surface area contributed by atoms with Crippen LogP contribution in [0.2, 0.25) is 0 Å². The molecule has 0 bridgehead atoms. The lowest BCUT2D eigenvalue weighted by atomic mass is 10.0. The van der Waals surface area contributed by atoms with Gasteiger partial charge in [-0.15, -0.1) is 0 Å². The number of methoxy groups -OCH3 is 1. The second-order valence-electron chi connectivity index (χ2n) is 5.43. The molecule has 1 atom stereocenters. The fraction of sp³-hybridized carbons (Fsp3) is 0.375. The van der Waals surface area contributed by atoms with Crippen molar-refractivity contribution >= 4 is 22.8 Å². The van der Waals surface area contributed by atoms with E-state index in [1.54, 1.807) is 33.1 Å². The van der Waals surface area contributed by atoms with Crippen LogP contribution in [0.1, 0.15) is 19.4 Å². The van der Waals surface area contributed by atoms with E-state index in [1.807, 2.05) is 6.07 Å². The molecule has 0 unspecified atom stereocenters. The Balaban J connectivity index is 2.13. The number of carbonyl (C=O) groups excluding carboxylic acids is 1. The molecule has 0 saturated carbocycles. The lowest BCUT2D eigenvalue weighted by Crippen LogP contribution is -2.44. The number of ether oxygens (including phenoxy) is 1. The number of hydrogen-bond donors (Lipinski definition) is 2. The largest absolute Gasteiger partial charge is 0.497 e. The van der Waals surface area contributed by atoms with Gasteiger partial charge in [-0.1, -0.05) is 13.8 Å². The Morgan fingerprint density at radius 3 is 2.68 bits per heavy atom. The molecule has 0 aliphatic carbocycles. The van der Waals surface area contributed by atoms with Gasteiger partial charge in [0.25, 0.3) is 0 Å². The molecule has 0 radical (unpaired) electrons. The van der Waals surface area contributed by atoms with Crippen molar-refractivity contribution in [3.63, 3.8) is 0 Å². The van der Waals surface area contributed by atoms with E-state index in [-0.39, 0.29) is 18.2 Å². The van der Waals surface area contributed by atoms with Gasteiger partial charge in [-0.2, -0.15) is 0 Å². The molecule has 2 N–H and O–H groups in total. The lowest BCUT2D eigenvalue weighted by molar-refractivity contribution is -0.143. The first-order chi connectivity index (χ1) is 10.4. The molecule has 2 aromatic rings. The van der Waals surface area contributed by atoms with Crippen LogP contribution in [0, 0.1) is 5.92 Å². The van der Waals surface area contributed by atoms with E-state index in [4.69, 9.17) is 14.3 Å². The Morgan fingerprint density at radius 1 is 1.36 bits per heavy atom. The molecule has 22 heavy (non-hydrogen) atoms. The number of carboxylic acid groups (broad SMARTS) is 1. The van der Waals surface area contributed by atoms with Crippen LogP contribution in [0.25, 0.3) is 11.0 Å². The van der Waals surface area contributed by atoms with E-state index in [1.165, 1.54) is 6.26 Å². The molecule has 2 rings (SSSR count). The van der Waals surface area contributed by atoms with Crippen molar-refractivity contribution in [2.75, 3.05) is 7.11 Å². The molecule has 0 spiro atoms. The first-order valence-electron chi connectivity index (χ1n) is 6.98. The zero-order valence-corrected chi connectivity index (χ0v) is 12.8. The number of carbonyl (C=O) groups is 2. The van der Waals surface area contributed by atoms with Gasteiger partial charge < -0.3 is 19.6 Å². The maximum atomic E-state index is 12.1. The summed E-state index contributed by atoms with van der Waals surface area (Å²) in [6.07, 6.45) is 1.57. The number of rotatable bonds is 6. The molecule has 6 nitrogen and oxygen atoms in total. The van der Waals surface area contributed by atoms with E-state index in [9.17, 15) is 9.59 Å². The number of fused-ring (bicyclic) bond motifs is 1. The summed E-state index contributed by atoms with van der Waals surface area (Å²) >= 11 is 0. The Kier molecular flexibility index (Phi) is 4.70. The van der Waals surface area contributed by atoms with Crippen LogP contribution in [0.4, 0.5) is 0 Å². The van der Waals surface area contributed by atoms with E-state index in [2.05, 4.69) is 5.32 Å². The van der Waals surface area contributed by atoms with Crippen LogP contribution in [-0.2, 0) is 16.0 Å². The van der Waals surface area contributed by atoms with E-state index in [0.717, 1.165) is 5.39 Å². The van der Waals surface area contributed by atoms with Crippen molar-refractivity contribution in [1.29, 1.82) is 0 Å². The molecule has 0 saturated heterocycles. The highest BCUT2D eigenvalue weighted by Crippen LogP contribution is 2.25. The third-order valence-corrected chi connectivity index (χ3v) is 3.46. The maximum Gasteiger partial charge on any atom is 0.326 e. The summed E-state index contributed by atoms with van der Waals surface area (Å²) < 4.78 is 10.5. The Hall–Kier alpha value is -2.50. The van der Waals surface area contributed by atoms with Gasteiger partial charge in [-0.25, -0.2) is 4.79 Å². The van der Waals surface area contributed by atoms with Gasteiger partial charge in [0.05, 0.1) is 19.8 Å². The van der Waals surface area contributed by atoms with E-state index >= 15 is 0 Å². The van der Waals surface area contributed by atoms with E-state index < -0.39 is 12.0 Å². The summed E-state index contributed by atoms with van der Waals surface area (Å²) in [5.41, 5.74) is 1.34. The zero-order chi connectivity index (χ0) is 16.3. The molecule has 0 fully saturated rings. The van der Waals surface area contributed by atoms with Crippen LogP contribution in [-0.4, -0.2) is 30.1 Å². The van der Waals surface area contributed by atoms with Crippen LogP contribution >= 0.6 is 0 Å². The molecular weight excluding hydrogens is 286 g/mol. The summed E-state index contributed by atoms with van der Waals surface area (Å²) in [5, 5.41) is 12.4. The van der Waals surface area contributed by atoms with Gasteiger partial charge in [-0.3, -0.25) is 4.79 Å². The minimum Gasteiger partial charge on any atom is -0.497 e. The summed E-state index contributed by atoms with van der Waals surface area (Å²) in [7, 11) is 1.57. The normalized spacial score (nSPS) is 12.4. The maximum absolute atomic E-state index is 12.1. The molecule has 1 aromatic carbocycles. The monoisotopic (exact) mass is 305 g/mol. The summed E-state index contributed by atoms with van der Waals surface area (Å²) in [5.74, 6) is -0.903. The second-order valence-corrected chi connectivity index (χ2v) is 5.43. The number of furan rings is 1.